The van der Waals surface area contributed by atoms with Gasteiger partial charge in [0.1, 0.15) is 0 Å². The minimum Gasteiger partial charge on any atom is -0.435 e. The maximum absolute atomic E-state index is 10.9. The number of hydrogen-bond donors (Lipinski definition) is 1. The molecule has 0 unspecified atom stereocenters. The average molecular weight is 172 g/mol. The second-order valence-electron chi connectivity index (χ2n) is 2.59. The fourth-order valence-corrected chi connectivity index (χ4v) is 0.778. The summed E-state index contributed by atoms with van der Waals surface area (Å²) in [4.78, 5) is 10.9. The fourth-order valence-electron chi connectivity index (χ4n) is 0.778. The summed E-state index contributed by atoms with van der Waals surface area (Å²) in [5, 5.41) is 8.29. The van der Waals surface area contributed by atoms with Crippen molar-refractivity contribution in [1.82, 2.24) is 0 Å². The number of hydrogen-bond acceptors (Lipinski definition) is 3. The van der Waals surface area contributed by atoms with Crippen LogP contribution in [0.2, 0.25) is 0 Å². The van der Waals surface area contributed by atoms with Crippen molar-refractivity contribution >= 4 is 5.97 Å². The third-order valence-corrected chi connectivity index (χ3v) is 1.53. The Bertz CT molecular complexity index is 161. The van der Waals surface area contributed by atoms with Crippen molar-refractivity contribution in [2.45, 2.75) is 33.1 Å². The van der Waals surface area contributed by atoms with Crippen molar-refractivity contribution in [1.29, 1.82) is 0 Å². The van der Waals surface area contributed by atoms with Gasteiger partial charge < -0.3 is 9.84 Å². The minimum atomic E-state index is -0.544. The van der Waals surface area contributed by atoms with E-state index in [1.165, 1.54) is 0 Å². The largest absolute Gasteiger partial charge is 0.435 e. The zero-order valence-corrected chi connectivity index (χ0v) is 7.67. The molecule has 3 heteroatoms. The SMILES string of the molecule is CCCC/C=C(\C)C(=O)OCO. The number of rotatable bonds is 5. The van der Waals surface area contributed by atoms with Gasteiger partial charge in [0.25, 0.3) is 0 Å². The van der Waals surface area contributed by atoms with Crippen molar-refractivity contribution in [3.05, 3.63) is 11.6 Å². The molecular formula is C9H16O3. The van der Waals surface area contributed by atoms with Crippen molar-refractivity contribution in [2.24, 2.45) is 0 Å². The van der Waals surface area contributed by atoms with Gasteiger partial charge in [0.05, 0.1) is 0 Å². The fraction of sp³-hybridized carbons (Fsp3) is 0.667. The van der Waals surface area contributed by atoms with Crippen LogP contribution in [0.25, 0.3) is 0 Å². The molecule has 0 saturated heterocycles. The summed E-state index contributed by atoms with van der Waals surface area (Å²) in [5.74, 6) is -0.436. The van der Waals surface area contributed by atoms with Gasteiger partial charge in [-0.3, -0.25) is 0 Å². The summed E-state index contributed by atoms with van der Waals surface area (Å²) < 4.78 is 4.38. The standard InChI is InChI=1S/C9H16O3/c1-3-4-5-6-8(2)9(11)12-7-10/h6,10H,3-5,7H2,1-2H3/b8-6+. The molecule has 70 valence electrons. The van der Waals surface area contributed by atoms with E-state index in [4.69, 9.17) is 5.11 Å². The van der Waals surface area contributed by atoms with Crippen LogP contribution in [0.1, 0.15) is 33.1 Å². The Morgan fingerprint density at radius 3 is 2.75 bits per heavy atom. The zero-order valence-electron chi connectivity index (χ0n) is 7.67. The lowest BCUT2D eigenvalue weighted by molar-refractivity contribution is -0.146. The van der Waals surface area contributed by atoms with E-state index in [0.29, 0.717) is 5.57 Å². The molecule has 0 fully saturated rings. The van der Waals surface area contributed by atoms with Gasteiger partial charge in [-0.15, -0.1) is 0 Å². The van der Waals surface area contributed by atoms with E-state index in [2.05, 4.69) is 11.7 Å². The van der Waals surface area contributed by atoms with Crippen LogP contribution in [0.4, 0.5) is 0 Å². The van der Waals surface area contributed by atoms with Crippen LogP contribution >= 0.6 is 0 Å². The molecular weight excluding hydrogens is 156 g/mol. The van der Waals surface area contributed by atoms with E-state index < -0.39 is 12.8 Å². The lowest BCUT2D eigenvalue weighted by Crippen LogP contribution is -2.06. The molecule has 0 spiro atoms. The molecule has 0 aliphatic heterocycles. The first-order valence-corrected chi connectivity index (χ1v) is 4.17. The molecule has 0 atom stereocenters. The van der Waals surface area contributed by atoms with Gasteiger partial charge in [-0.25, -0.2) is 4.79 Å². The van der Waals surface area contributed by atoms with Gasteiger partial charge in [0, 0.05) is 5.57 Å². The number of allylic oxidation sites excluding steroid dienone is 1. The van der Waals surface area contributed by atoms with Crippen molar-refractivity contribution < 1.29 is 14.6 Å². The van der Waals surface area contributed by atoms with Crippen LogP contribution < -0.4 is 0 Å². The Hall–Kier alpha value is -0.830. The second-order valence-corrected chi connectivity index (χ2v) is 2.59. The minimum absolute atomic E-state index is 0.436. The lowest BCUT2D eigenvalue weighted by Gasteiger charge is -1.99. The number of aliphatic hydroxyl groups is 1. The highest BCUT2D eigenvalue weighted by molar-refractivity contribution is 5.87. The molecule has 0 aliphatic carbocycles. The topological polar surface area (TPSA) is 46.5 Å². The lowest BCUT2D eigenvalue weighted by atomic mass is 10.2. The number of esters is 1. The van der Waals surface area contributed by atoms with E-state index in [-0.39, 0.29) is 0 Å². The molecule has 3 nitrogen and oxygen atoms in total. The van der Waals surface area contributed by atoms with E-state index in [1.54, 1.807) is 6.92 Å². The third kappa shape index (κ3) is 4.91. The molecule has 0 saturated carbocycles. The van der Waals surface area contributed by atoms with Gasteiger partial charge >= 0.3 is 5.97 Å². The first-order chi connectivity index (χ1) is 5.72. The summed E-state index contributed by atoms with van der Waals surface area (Å²) in [6, 6.07) is 0. The molecule has 0 radical (unpaired) electrons. The van der Waals surface area contributed by atoms with Gasteiger partial charge in [-0.2, -0.15) is 0 Å². The Labute approximate surface area is 73.0 Å². The highest BCUT2D eigenvalue weighted by atomic mass is 16.6. The smallest absolute Gasteiger partial charge is 0.335 e. The van der Waals surface area contributed by atoms with E-state index in [1.807, 2.05) is 6.08 Å². The molecule has 0 rings (SSSR count). The van der Waals surface area contributed by atoms with Crippen LogP contribution in [0.5, 0.6) is 0 Å². The van der Waals surface area contributed by atoms with Crippen molar-refractivity contribution in [3.8, 4) is 0 Å². The molecule has 0 aromatic rings. The van der Waals surface area contributed by atoms with Gasteiger partial charge in [-0.05, 0) is 13.3 Å². The molecule has 0 amide bonds. The normalized spacial score (nSPS) is 11.4. The molecule has 0 heterocycles. The average Bonchev–Trinajstić information content (AvgIpc) is 2.05. The van der Waals surface area contributed by atoms with Gasteiger partial charge in [-0.1, -0.05) is 25.8 Å². The summed E-state index contributed by atoms with van der Waals surface area (Å²) in [6.07, 6.45) is 4.91. The van der Waals surface area contributed by atoms with Crippen LogP contribution in [0, 0.1) is 0 Å². The predicted molar refractivity (Wildman–Crippen MR) is 46.5 cm³/mol. The molecule has 0 bridgehead atoms. The highest BCUT2D eigenvalue weighted by Crippen LogP contribution is 2.02. The maximum atomic E-state index is 10.9. The zero-order chi connectivity index (χ0) is 9.40. The Morgan fingerprint density at radius 1 is 1.58 bits per heavy atom. The quantitative estimate of drug-likeness (QED) is 0.296. The number of carbonyl (C=O) groups excluding carboxylic acids is 1. The van der Waals surface area contributed by atoms with Crippen LogP contribution in [-0.2, 0) is 9.53 Å². The number of aliphatic hydroxyl groups excluding tert-OH is 1. The molecule has 12 heavy (non-hydrogen) atoms. The first kappa shape index (κ1) is 11.2. The summed E-state index contributed by atoms with van der Waals surface area (Å²) in [6.45, 7) is 3.24. The molecule has 0 aliphatic rings. The number of ether oxygens (including phenoxy) is 1. The Kier molecular flexibility index (Phi) is 6.38. The van der Waals surface area contributed by atoms with Gasteiger partial charge in [0.2, 0.25) is 0 Å². The number of carbonyl (C=O) groups is 1. The van der Waals surface area contributed by atoms with Crippen LogP contribution in [-0.4, -0.2) is 17.9 Å². The van der Waals surface area contributed by atoms with Crippen molar-refractivity contribution in [2.75, 3.05) is 6.79 Å². The van der Waals surface area contributed by atoms with Gasteiger partial charge in [0.15, 0.2) is 6.79 Å². The molecule has 0 aromatic heterocycles. The molecule has 0 aromatic carbocycles. The highest BCUT2D eigenvalue weighted by Gasteiger charge is 2.02. The molecule has 1 N–H and O–H groups in total. The first-order valence-electron chi connectivity index (χ1n) is 4.17. The Morgan fingerprint density at radius 2 is 2.25 bits per heavy atom. The van der Waals surface area contributed by atoms with E-state index in [9.17, 15) is 4.79 Å². The summed E-state index contributed by atoms with van der Waals surface area (Å²) in [5.41, 5.74) is 0.567. The monoisotopic (exact) mass is 172 g/mol. The maximum Gasteiger partial charge on any atom is 0.335 e. The number of unbranched alkanes of at least 4 members (excludes halogenated alkanes) is 2. The van der Waals surface area contributed by atoms with E-state index >= 15 is 0 Å². The predicted octanol–water partition coefficient (Wildman–Crippen LogP) is 1.62. The van der Waals surface area contributed by atoms with Crippen LogP contribution in [0.3, 0.4) is 0 Å². The third-order valence-electron chi connectivity index (χ3n) is 1.53. The summed E-state index contributed by atoms with van der Waals surface area (Å²) in [7, 11) is 0. The van der Waals surface area contributed by atoms with E-state index in [0.717, 1.165) is 19.3 Å². The summed E-state index contributed by atoms with van der Waals surface area (Å²) >= 11 is 0. The van der Waals surface area contributed by atoms with Crippen molar-refractivity contribution in [3.63, 3.8) is 0 Å². The Balaban J connectivity index is 3.74. The second kappa shape index (κ2) is 6.85. The van der Waals surface area contributed by atoms with Crippen LogP contribution in [0.15, 0.2) is 11.6 Å².